The number of likely N-dealkylation sites (tertiary alicyclic amines) is 1. The van der Waals surface area contributed by atoms with Crippen LogP contribution in [0.2, 0.25) is 0 Å². The van der Waals surface area contributed by atoms with Gasteiger partial charge < -0.3 is 4.90 Å². The number of aryl methyl sites for hydroxylation is 1. The van der Waals surface area contributed by atoms with Gasteiger partial charge in [0.1, 0.15) is 0 Å². The van der Waals surface area contributed by atoms with Crippen molar-refractivity contribution in [1.29, 1.82) is 0 Å². The molecule has 1 aliphatic heterocycles. The van der Waals surface area contributed by atoms with Gasteiger partial charge in [-0.25, -0.2) is 9.97 Å². The number of nitrogens with zero attached hydrogens (tertiary/aromatic N) is 4. The molecule has 1 saturated heterocycles. The number of aromatic nitrogens is 3. The Morgan fingerprint density at radius 1 is 1.39 bits per heavy atom. The van der Waals surface area contributed by atoms with E-state index in [1.807, 2.05) is 46.2 Å². The molecule has 1 fully saturated rings. The van der Waals surface area contributed by atoms with Gasteiger partial charge in [-0.05, 0) is 43.7 Å². The summed E-state index contributed by atoms with van der Waals surface area (Å²) in [4.78, 5) is 24.3. The van der Waals surface area contributed by atoms with Crippen molar-refractivity contribution in [2.75, 3.05) is 19.3 Å². The van der Waals surface area contributed by atoms with Crippen LogP contribution in [-0.4, -0.2) is 44.7 Å². The number of benzene rings is 1. The predicted octanol–water partition coefficient (Wildman–Crippen LogP) is 4.63. The van der Waals surface area contributed by atoms with Crippen molar-refractivity contribution >= 4 is 29.0 Å². The van der Waals surface area contributed by atoms with Crippen LogP contribution in [0, 0.1) is 0 Å². The lowest BCUT2D eigenvalue weighted by Crippen LogP contribution is -2.39. The fourth-order valence-corrected chi connectivity index (χ4v) is 5.20. The van der Waals surface area contributed by atoms with Gasteiger partial charge in [0.25, 0.3) is 5.91 Å². The Labute approximate surface area is 173 Å². The van der Waals surface area contributed by atoms with Gasteiger partial charge in [0.15, 0.2) is 5.16 Å². The van der Waals surface area contributed by atoms with E-state index in [2.05, 4.69) is 17.3 Å². The zero-order chi connectivity index (χ0) is 19.5. The number of hydrogen-bond donors (Lipinski definition) is 0. The van der Waals surface area contributed by atoms with E-state index in [1.165, 1.54) is 5.01 Å². The monoisotopic (exact) mass is 412 g/mol. The molecule has 1 aromatic carbocycles. The molecule has 1 atom stereocenters. The van der Waals surface area contributed by atoms with E-state index in [-0.39, 0.29) is 5.91 Å². The number of thioether (sulfide) groups is 1. The van der Waals surface area contributed by atoms with Crippen molar-refractivity contribution in [3.8, 4) is 5.69 Å². The molecule has 7 heteroatoms. The number of piperidine rings is 1. The first-order chi connectivity index (χ1) is 13.7. The van der Waals surface area contributed by atoms with Crippen LogP contribution in [0.5, 0.6) is 0 Å². The Morgan fingerprint density at radius 2 is 2.29 bits per heavy atom. The van der Waals surface area contributed by atoms with Gasteiger partial charge in [0, 0.05) is 48.0 Å². The highest BCUT2D eigenvalue weighted by Crippen LogP contribution is 2.30. The van der Waals surface area contributed by atoms with Gasteiger partial charge in [0.05, 0.1) is 10.7 Å². The summed E-state index contributed by atoms with van der Waals surface area (Å²) in [5.74, 6) is 0.451. The van der Waals surface area contributed by atoms with Crippen LogP contribution in [-0.2, 0) is 6.42 Å². The first-order valence-electron chi connectivity index (χ1n) is 9.61. The third-order valence-corrected chi connectivity index (χ3v) is 6.87. The maximum atomic E-state index is 13.2. The predicted molar refractivity (Wildman–Crippen MR) is 115 cm³/mol. The van der Waals surface area contributed by atoms with Gasteiger partial charge in [-0.1, -0.05) is 24.8 Å². The summed E-state index contributed by atoms with van der Waals surface area (Å²) in [5, 5.41) is 4.23. The minimum atomic E-state index is 0.102. The number of carbonyl (C=O) groups is 1. The standard InChI is InChI=1S/C21H24N4OS2/c1-3-17-14-28-19(23-17)16-7-5-10-24(13-16)20(26)15-6-4-8-18(12-15)25-11-9-22-21(25)27-2/h4,6,8-9,11-12,14,16H,3,5,7,10,13H2,1-2H3. The number of rotatable bonds is 5. The van der Waals surface area contributed by atoms with E-state index in [0.717, 1.165) is 54.5 Å². The van der Waals surface area contributed by atoms with Crippen LogP contribution in [0.1, 0.15) is 46.7 Å². The average Bonchev–Trinajstić information content (AvgIpc) is 3.42. The molecule has 3 heterocycles. The SMILES string of the molecule is CCc1csc(C2CCCN(C(=O)c3cccc(-n4ccnc4SC)c3)C2)n1. The molecule has 0 saturated carbocycles. The average molecular weight is 413 g/mol. The van der Waals surface area contributed by atoms with Crippen LogP contribution in [0.4, 0.5) is 0 Å². The maximum Gasteiger partial charge on any atom is 0.253 e. The van der Waals surface area contributed by atoms with Crippen molar-refractivity contribution in [3.63, 3.8) is 0 Å². The van der Waals surface area contributed by atoms with E-state index in [1.54, 1.807) is 29.3 Å². The normalized spacial score (nSPS) is 17.1. The molecule has 5 nitrogen and oxygen atoms in total. The molecule has 0 spiro atoms. The molecule has 0 N–H and O–H groups in total. The third kappa shape index (κ3) is 3.86. The molecule has 1 unspecified atom stereocenters. The molecule has 2 aromatic heterocycles. The Morgan fingerprint density at radius 3 is 3.07 bits per heavy atom. The number of thiazole rings is 1. The number of imidazole rings is 1. The maximum absolute atomic E-state index is 13.2. The first kappa shape index (κ1) is 19.2. The lowest BCUT2D eigenvalue weighted by Gasteiger charge is -2.32. The lowest BCUT2D eigenvalue weighted by atomic mass is 9.98. The van der Waals surface area contributed by atoms with E-state index >= 15 is 0 Å². The molecule has 0 aliphatic carbocycles. The van der Waals surface area contributed by atoms with Gasteiger partial charge in [0.2, 0.25) is 0 Å². The molecule has 3 aromatic rings. The zero-order valence-electron chi connectivity index (χ0n) is 16.2. The summed E-state index contributed by atoms with van der Waals surface area (Å²) in [6.45, 7) is 3.69. The number of hydrogen-bond acceptors (Lipinski definition) is 5. The smallest absolute Gasteiger partial charge is 0.253 e. The van der Waals surface area contributed by atoms with E-state index in [0.29, 0.717) is 5.92 Å². The van der Waals surface area contributed by atoms with Crippen LogP contribution in [0.25, 0.3) is 5.69 Å². The molecule has 0 radical (unpaired) electrons. The second-order valence-corrected chi connectivity index (χ2v) is 8.62. The van der Waals surface area contributed by atoms with E-state index < -0.39 is 0 Å². The summed E-state index contributed by atoms with van der Waals surface area (Å²) in [6, 6.07) is 7.83. The Bertz CT molecular complexity index is 965. The summed E-state index contributed by atoms with van der Waals surface area (Å²) in [6.07, 6.45) is 8.81. The van der Waals surface area contributed by atoms with Crippen molar-refractivity contribution in [2.45, 2.75) is 37.3 Å². The second-order valence-electron chi connectivity index (χ2n) is 6.96. The van der Waals surface area contributed by atoms with E-state index in [9.17, 15) is 4.79 Å². The highest BCUT2D eigenvalue weighted by atomic mass is 32.2. The van der Waals surface area contributed by atoms with Crippen molar-refractivity contribution in [3.05, 3.63) is 58.3 Å². The first-order valence-corrected chi connectivity index (χ1v) is 11.7. The summed E-state index contributed by atoms with van der Waals surface area (Å²) in [5.41, 5.74) is 2.85. The number of amides is 1. The molecule has 4 rings (SSSR count). The van der Waals surface area contributed by atoms with Gasteiger partial charge in [-0.15, -0.1) is 11.3 Å². The van der Waals surface area contributed by atoms with Gasteiger partial charge in [-0.3, -0.25) is 9.36 Å². The molecule has 1 aliphatic rings. The van der Waals surface area contributed by atoms with Gasteiger partial charge >= 0.3 is 0 Å². The largest absolute Gasteiger partial charge is 0.338 e. The fraction of sp³-hybridized carbons (Fsp3) is 0.381. The minimum Gasteiger partial charge on any atom is -0.338 e. The Kier molecular flexibility index (Phi) is 5.82. The Hall–Kier alpha value is -2.12. The molecular formula is C21H24N4OS2. The van der Waals surface area contributed by atoms with Crippen molar-refractivity contribution < 1.29 is 4.79 Å². The van der Waals surface area contributed by atoms with E-state index in [4.69, 9.17) is 4.98 Å². The molecule has 1 amide bonds. The minimum absolute atomic E-state index is 0.102. The van der Waals surface area contributed by atoms with Crippen LogP contribution < -0.4 is 0 Å². The molecule has 28 heavy (non-hydrogen) atoms. The van der Waals surface area contributed by atoms with Crippen LogP contribution in [0.15, 0.2) is 47.2 Å². The number of carbonyl (C=O) groups excluding carboxylic acids is 1. The highest BCUT2D eigenvalue weighted by molar-refractivity contribution is 7.98. The van der Waals surface area contributed by atoms with Crippen LogP contribution in [0.3, 0.4) is 0 Å². The quantitative estimate of drug-likeness (QED) is 0.573. The topological polar surface area (TPSA) is 51.0 Å². The fourth-order valence-electron chi connectivity index (χ4n) is 3.64. The second kappa shape index (κ2) is 8.49. The molecule has 0 bridgehead atoms. The molecular weight excluding hydrogens is 388 g/mol. The van der Waals surface area contributed by atoms with Crippen LogP contribution >= 0.6 is 23.1 Å². The summed E-state index contributed by atoms with van der Waals surface area (Å²) < 4.78 is 2.02. The summed E-state index contributed by atoms with van der Waals surface area (Å²) in [7, 11) is 0. The summed E-state index contributed by atoms with van der Waals surface area (Å²) >= 11 is 3.32. The van der Waals surface area contributed by atoms with Gasteiger partial charge in [-0.2, -0.15) is 0 Å². The zero-order valence-corrected chi connectivity index (χ0v) is 17.8. The highest BCUT2D eigenvalue weighted by Gasteiger charge is 2.27. The lowest BCUT2D eigenvalue weighted by molar-refractivity contribution is 0.0707. The third-order valence-electron chi connectivity index (χ3n) is 5.15. The Balaban J connectivity index is 1.53. The molecule has 146 valence electrons. The van der Waals surface area contributed by atoms with Crippen molar-refractivity contribution in [2.24, 2.45) is 0 Å². The van der Waals surface area contributed by atoms with Crippen molar-refractivity contribution in [1.82, 2.24) is 19.4 Å².